The second-order valence-corrected chi connectivity index (χ2v) is 8.20. The van der Waals surface area contributed by atoms with E-state index in [4.69, 9.17) is 0 Å². The monoisotopic (exact) mass is 384 g/mol. The maximum Gasteiger partial charge on any atom is 0.325 e. The van der Waals surface area contributed by atoms with Crippen LogP contribution in [0.4, 0.5) is 10.5 Å². The van der Waals surface area contributed by atoms with E-state index in [1.807, 2.05) is 0 Å². The Hall–Kier alpha value is -2.57. The molecule has 150 valence electrons. The summed E-state index contributed by atoms with van der Waals surface area (Å²) in [5, 5.41) is 2.84. The minimum atomic E-state index is -0.751. The third-order valence-corrected chi connectivity index (χ3v) is 6.55. The summed E-state index contributed by atoms with van der Waals surface area (Å²) in [5.41, 5.74) is 2.99. The van der Waals surface area contributed by atoms with Gasteiger partial charge < -0.3 is 15.1 Å². The van der Waals surface area contributed by atoms with Gasteiger partial charge in [-0.25, -0.2) is 4.79 Å². The molecule has 3 fully saturated rings. The fourth-order valence-corrected chi connectivity index (χ4v) is 4.65. The molecule has 2 aliphatic heterocycles. The van der Waals surface area contributed by atoms with E-state index >= 15 is 0 Å². The third-order valence-electron chi connectivity index (χ3n) is 6.55. The van der Waals surface area contributed by atoms with Crippen molar-refractivity contribution < 1.29 is 14.4 Å². The van der Waals surface area contributed by atoms with Crippen molar-refractivity contribution >= 4 is 23.5 Å². The Morgan fingerprint density at radius 1 is 1.07 bits per heavy atom. The van der Waals surface area contributed by atoms with Crippen molar-refractivity contribution in [2.75, 3.05) is 37.6 Å². The van der Waals surface area contributed by atoms with Gasteiger partial charge in [0.05, 0.1) is 0 Å². The van der Waals surface area contributed by atoms with Crippen LogP contribution in [-0.4, -0.2) is 65.9 Å². The van der Waals surface area contributed by atoms with Crippen molar-refractivity contribution in [2.24, 2.45) is 0 Å². The molecule has 0 bridgehead atoms. The summed E-state index contributed by atoms with van der Waals surface area (Å²) in [5.74, 6) is -0.378. The second-order valence-electron chi connectivity index (χ2n) is 8.20. The van der Waals surface area contributed by atoms with Crippen LogP contribution in [0.5, 0.6) is 0 Å². The first-order chi connectivity index (χ1) is 13.4. The summed E-state index contributed by atoms with van der Waals surface area (Å²) in [7, 11) is 0. The van der Waals surface area contributed by atoms with Gasteiger partial charge in [0.25, 0.3) is 5.91 Å². The number of aryl methyl sites for hydroxylation is 1. The Morgan fingerprint density at radius 3 is 2.43 bits per heavy atom. The van der Waals surface area contributed by atoms with Gasteiger partial charge in [0.1, 0.15) is 12.1 Å². The Balaban J connectivity index is 1.36. The standard InChI is InChI=1S/C21H28N4O3/c1-15-6-5-7-17(16(15)2)23-10-12-24(13-11-23)18(26)14-25-19(27)21(22-20(25)28)8-3-4-9-21/h5-7H,3-4,8-14H2,1-2H3,(H,22,28). The Bertz CT molecular complexity index is 808. The zero-order chi connectivity index (χ0) is 19.9. The Kier molecular flexibility index (Phi) is 4.77. The lowest BCUT2D eigenvalue weighted by Gasteiger charge is -2.37. The first-order valence-corrected chi connectivity index (χ1v) is 10.1. The molecule has 7 heteroatoms. The molecule has 0 unspecified atom stereocenters. The van der Waals surface area contributed by atoms with Crippen LogP contribution in [0.1, 0.15) is 36.8 Å². The molecule has 2 heterocycles. The molecule has 0 aromatic heterocycles. The predicted octanol–water partition coefficient (Wildman–Crippen LogP) is 1.82. The van der Waals surface area contributed by atoms with Crippen molar-refractivity contribution in [1.82, 2.24) is 15.1 Å². The van der Waals surface area contributed by atoms with Crippen LogP contribution in [0, 0.1) is 13.8 Å². The van der Waals surface area contributed by atoms with Crippen LogP contribution in [0.15, 0.2) is 18.2 Å². The van der Waals surface area contributed by atoms with E-state index in [-0.39, 0.29) is 18.4 Å². The smallest absolute Gasteiger partial charge is 0.325 e. The molecule has 4 rings (SSSR count). The average Bonchev–Trinajstić information content (AvgIpc) is 3.25. The van der Waals surface area contributed by atoms with E-state index in [1.54, 1.807) is 4.90 Å². The summed E-state index contributed by atoms with van der Waals surface area (Å²) in [6, 6.07) is 5.86. The number of anilines is 1. The normalized spacial score (nSPS) is 21.6. The largest absolute Gasteiger partial charge is 0.368 e. The highest BCUT2D eigenvalue weighted by Crippen LogP contribution is 2.35. The Labute approximate surface area is 165 Å². The molecule has 1 spiro atoms. The molecular formula is C21H28N4O3. The number of hydrogen-bond donors (Lipinski definition) is 1. The van der Waals surface area contributed by atoms with Crippen LogP contribution in [-0.2, 0) is 9.59 Å². The maximum absolute atomic E-state index is 12.7. The van der Waals surface area contributed by atoms with Gasteiger partial charge in [-0.05, 0) is 43.9 Å². The van der Waals surface area contributed by atoms with Crippen molar-refractivity contribution in [1.29, 1.82) is 0 Å². The molecule has 0 atom stereocenters. The minimum Gasteiger partial charge on any atom is -0.368 e. The molecule has 28 heavy (non-hydrogen) atoms. The number of hydrogen-bond acceptors (Lipinski definition) is 4. The van der Waals surface area contributed by atoms with E-state index in [9.17, 15) is 14.4 Å². The molecule has 3 aliphatic rings. The quantitative estimate of drug-likeness (QED) is 0.807. The van der Waals surface area contributed by atoms with Crippen LogP contribution >= 0.6 is 0 Å². The van der Waals surface area contributed by atoms with Gasteiger partial charge >= 0.3 is 6.03 Å². The molecule has 7 nitrogen and oxygen atoms in total. The van der Waals surface area contributed by atoms with Gasteiger partial charge in [0.15, 0.2) is 0 Å². The van der Waals surface area contributed by atoms with Crippen molar-refractivity contribution in [3.63, 3.8) is 0 Å². The van der Waals surface area contributed by atoms with Gasteiger partial charge in [-0.1, -0.05) is 25.0 Å². The summed E-state index contributed by atoms with van der Waals surface area (Å²) in [6.45, 7) is 6.77. The van der Waals surface area contributed by atoms with Crippen LogP contribution in [0.2, 0.25) is 0 Å². The lowest BCUT2D eigenvalue weighted by atomic mass is 9.98. The number of amides is 4. The third kappa shape index (κ3) is 3.12. The summed E-state index contributed by atoms with van der Waals surface area (Å²) < 4.78 is 0. The molecule has 1 N–H and O–H groups in total. The number of rotatable bonds is 3. The predicted molar refractivity (Wildman–Crippen MR) is 106 cm³/mol. The van der Waals surface area contributed by atoms with Crippen molar-refractivity contribution in [3.8, 4) is 0 Å². The highest BCUT2D eigenvalue weighted by molar-refractivity contribution is 6.09. The van der Waals surface area contributed by atoms with E-state index in [0.717, 1.165) is 30.8 Å². The molecule has 0 radical (unpaired) electrons. The first kappa shape index (κ1) is 18.8. The van der Waals surface area contributed by atoms with Gasteiger partial charge in [0, 0.05) is 31.9 Å². The number of nitrogens with one attached hydrogen (secondary N) is 1. The molecular weight excluding hydrogens is 356 g/mol. The number of carbonyl (C=O) groups is 3. The molecule has 1 saturated carbocycles. The number of benzene rings is 1. The average molecular weight is 384 g/mol. The number of imide groups is 1. The lowest BCUT2D eigenvalue weighted by Crippen LogP contribution is -2.52. The first-order valence-electron chi connectivity index (χ1n) is 10.1. The molecule has 1 aromatic carbocycles. The van der Waals surface area contributed by atoms with Crippen LogP contribution < -0.4 is 10.2 Å². The van der Waals surface area contributed by atoms with Gasteiger partial charge in [-0.3, -0.25) is 14.5 Å². The van der Waals surface area contributed by atoms with E-state index in [2.05, 4.69) is 42.3 Å². The van der Waals surface area contributed by atoms with E-state index in [0.29, 0.717) is 25.9 Å². The molecule has 4 amide bonds. The fraction of sp³-hybridized carbons (Fsp3) is 0.571. The lowest BCUT2D eigenvalue weighted by molar-refractivity contribution is -0.139. The van der Waals surface area contributed by atoms with E-state index in [1.165, 1.54) is 16.8 Å². The van der Waals surface area contributed by atoms with Gasteiger partial charge in [-0.15, -0.1) is 0 Å². The number of carbonyl (C=O) groups excluding carboxylic acids is 3. The van der Waals surface area contributed by atoms with Gasteiger partial charge in [-0.2, -0.15) is 0 Å². The molecule has 2 saturated heterocycles. The highest BCUT2D eigenvalue weighted by atomic mass is 16.2. The number of urea groups is 1. The SMILES string of the molecule is Cc1cccc(N2CCN(C(=O)CN3C(=O)NC4(CCCC4)C3=O)CC2)c1C. The van der Waals surface area contributed by atoms with Crippen molar-refractivity contribution in [3.05, 3.63) is 29.3 Å². The molecule has 1 aliphatic carbocycles. The summed E-state index contributed by atoms with van der Waals surface area (Å²) in [4.78, 5) is 42.9. The second kappa shape index (κ2) is 7.11. The van der Waals surface area contributed by atoms with Gasteiger partial charge in [0.2, 0.25) is 5.91 Å². The van der Waals surface area contributed by atoms with Crippen molar-refractivity contribution in [2.45, 2.75) is 45.1 Å². The number of piperazine rings is 1. The topological polar surface area (TPSA) is 73.0 Å². The Morgan fingerprint density at radius 2 is 1.75 bits per heavy atom. The number of nitrogens with zero attached hydrogens (tertiary/aromatic N) is 3. The van der Waals surface area contributed by atoms with E-state index < -0.39 is 11.6 Å². The summed E-state index contributed by atoms with van der Waals surface area (Å²) in [6.07, 6.45) is 3.23. The maximum atomic E-state index is 12.7. The zero-order valence-electron chi connectivity index (χ0n) is 16.7. The molecule has 1 aromatic rings. The van der Waals surface area contributed by atoms with Crippen LogP contribution in [0.25, 0.3) is 0 Å². The minimum absolute atomic E-state index is 0.154. The summed E-state index contributed by atoms with van der Waals surface area (Å²) >= 11 is 0. The highest BCUT2D eigenvalue weighted by Gasteiger charge is 2.52. The zero-order valence-corrected chi connectivity index (χ0v) is 16.7. The van der Waals surface area contributed by atoms with Crippen LogP contribution in [0.3, 0.4) is 0 Å². The fourth-order valence-electron chi connectivity index (χ4n) is 4.65.